The maximum absolute atomic E-state index is 5.89. The summed E-state index contributed by atoms with van der Waals surface area (Å²) in [5.74, 6) is 2.13. The van der Waals surface area contributed by atoms with Crippen LogP contribution in [0.2, 0.25) is 0 Å². The number of rotatable bonds is 3. The summed E-state index contributed by atoms with van der Waals surface area (Å²) >= 11 is 1.66. The zero-order valence-electron chi connectivity index (χ0n) is 11.5. The number of benzene rings is 1. The summed E-state index contributed by atoms with van der Waals surface area (Å²) in [7, 11) is 1.64. The van der Waals surface area contributed by atoms with Crippen LogP contribution in [0, 0.1) is 13.8 Å². The molecule has 0 radical (unpaired) electrons. The van der Waals surface area contributed by atoms with Gasteiger partial charge >= 0.3 is 0 Å². The Kier molecular flexibility index (Phi) is 3.28. The van der Waals surface area contributed by atoms with Crippen LogP contribution in [-0.2, 0) is 0 Å². The Morgan fingerprint density at radius 1 is 1.00 bits per heavy atom. The molecule has 102 valence electrons. The van der Waals surface area contributed by atoms with E-state index in [0.29, 0.717) is 5.88 Å². The molecule has 0 N–H and O–H groups in total. The third-order valence-electron chi connectivity index (χ3n) is 3.20. The van der Waals surface area contributed by atoms with Gasteiger partial charge in [-0.25, -0.2) is 9.97 Å². The van der Waals surface area contributed by atoms with E-state index in [0.717, 1.165) is 21.7 Å². The standard InChI is InChI=1S/C15H14N2O2S/c1-9-10(2)20-15-13(9)14(16-8-17-15)19-12-6-4-11(18-3)5-7-12/h4-8H,1-3H3. The van der Waals surface area contributed by atoms with Crippen LogP contribution >= 0.6 is 11.3 Å². The van der Waals surface area contributed by atoms with Crippen molar-refractivity contribution in [3.05, 3.63) is 41.0 Å². The molecule has 4 nitrogen and oxygen atoms in total. The van der Waals surface area contributed by atoms with E-state index in [1.54, 1.807) is 18.4 Å². The normalized spacial score (nSPS) is 10.8. The lowest BCUT2D eigenvalue weighted by atomic mass is 10.2. The molecule has 0 fully saturated rings. The SMILES string of the molecule is COc1ccc(Oc2ncnc3sc(C)c(C)c23)cc1. The van der Waals surface area contributed by atoms with E-state index in [4.69, 9.17) is 9.47 Å². The highest BCUT2D eigenvalue weighted by molar-refractivity contribution is 7.18. The van der Waals surface area contributed by atoms with Gasteiger partial charge in [0.2, 0.25) is 5.88 Å². The number of ether oxygens (including phenoxy) is 2. The Balaban J connectivity index is 2.01. The number of nitrogens with zero attached hydrogens (tertiary/aromatic N) is 2. The summed E-state index contributed by atoms with van der Waals surface area (Å²) in [5, 5.41) is 0.991. The first-order valence-electron chi connectivity index (χ1n) is 6.21. The highest BCUT2D eigenvalue weighted by atomic mass is 32.1. The molecule has 0 aliphatic rings. The molecule has 0 aliphatic heterocycles. The lowest BCUT2D eigenvalue weighted by molar-refractivity contribution is 0.412. The van der Waals surface area contributed by atoms with Gasteiger partial charge < -0.3 is 9.47 Å². The van der Waals surface area contributed by atoms with E-state index in [1.165, 1.54) is 16.8 Å². The van der Waals surface area contributed by atoms with Crippen LogP contribution in [0.15, 0.2) is 30.6 Å². The second kappa shape index (κ2) is 5.09. The lowest BCUT2D eigenvalue weighted by Gasteiger charge is -2.07. The van der Waals surface area contributed by atoms with Crippen LogP contribution in [0.25, 0.3) is 10.2 Å². The van der Waals surface area contributed by atoms with Crippen molar-refractivity contribution in [1.29, 1.82) is 0 Å². The third kappa shape index (κ3) is 2.20. The minimum absolute atomic E-state index is 0.599. The molecular formula is C15H14N2O2S. The smallest absolute Gasteiger partial charge is 0.231 e. The van der Waals surface area contributed by atoms with E-state index in [2.05, 4.69) is 23.8 Å². The summed E-state index contributed by atoms with van der Waals surface area (Å²) in [6.07, 6.45) is 1.54. The Morgan fingerprint density at radius 2 is 1.70 bits per heavy atom. The molecule has 0 saturated heterocycles. The predicted molar refractivity (Wildman–Crippen MR) is 80.0 cm³/mol. The molecule has 20 heavy (non-hydrogen) atoms. The van der Waals surface area contributed by atoms with Gasteiger partial charge in [-0.15, -0.1) is 11.3 Å². The number of aromatic nitrogens is 2. The summed E-state index contributed by atoms with van der Waals surface area (Å²) in [4.78, 5) is 10.8. The van der Waals surface area contributed by atoms with Crippen molar-refractivity contribution in [3.63, 3.8) is 0 Å². The Bertz CT molecular complexity index is 750. The average molecular weight is 286 g/mol. The van der Waals surface area contributed by atoms with Crippen LogP contribution in [-0.4, -0.2) is 17.1 Å². The number of hydrogen-bond donors (Lipinski definition) is 0. The highest BCUT2D eigenvalue weighted by Gasteiger charge is 2.13. The monoisotopic (exact) mass is 286 g/mol. The van der Waals surface area contributed by atoms with Crippen molar-refractivity contribution in [3.8, 4) is 17.4 Å². The van der Waals surface area contributed by atoms with Gasteiger partial charge in [0, 0.05) is 4.88 Å². The summed E-state index contributed by atoms with van der Waals surface area (Å²) < 4.78 is 11.0. The van der Waals surface area contributed by atoms with E-state index >= 15 is 0 Å². The molecule has 3 rings (SSSR count). The maximum Gasteiger partial charge on any atom is 0.231 e. The average Bonchev–Trinajstić information content (AvgIpc) is 2.76. The van der Waals surface area contributed by atoms with E-state index in [-0.39, 0.29) is 0 Å². The fourth-order valence-electron chi connectivity index (χ4n) is 1.98. The van der Waals surface area contributed by atoms with Crippen molar-refractivity contribution >= 4 is 21.6 Å². The van der Waals surface area contributed by atoms with Crippen molar-refractivity contribution < 1.29 is 9.47 Å². The first kappa shape index (κ1) is 12.9. The number of methoxy groups -OCH3 is 1. The largest absolute Gasteiger partial charge is 0.497 e. The number of hydrogen-bond acceptors (Lipinski definition) is 5. The summed E-state index contributed by atoms with van der Waals surface area (Å²) in [5.41, 5.74) is 1.18. The van der Waals surface area contributed by atoms with Crippen molar-refractivity contribution in [1.82, 2.24) is 9.97 Å². The highest BCUT2D eigenvalue weighted by Crippen LogP contribution is 2.35. The Labute approximate surface area is 121 Å². The van der Waals surface area contributed by atoms with E-state index < -0.39 is 0 Å². The lowest BCUT2D eigenvalue weighted by Crippen LogP contribution is -1.91. The van der Waals surface area contributed by atoms with Gasteiger partial charge in [-0.2, -0.15) is 0 Å². The summed E-state index contributed by atoms with van der Waals surface area (Å²) in [6, 6.07) is 7.45. The molecule has 0 spiro atoms. The first-order chi connectivity index (χ1) is 9.69. The minimum atomic E-state index is 0.599. The zero-order valence-corrected chi connectivity index (χ0v) is 12.3. The first-order valence-corrected chi connectivity index (χ1v) is 7.03. The van der Waals surface area contributed by atoms with Gasteiger partial charge in [-0.1, -0.05) is 0 Å². The van der Waals surface area contributed by atoms with Gasteiger partial charge in [0.1, 0.15) is 22.7 Å². The molecule has 0 aliphatic carbocycles. The van der Waals surface area contributed by atoms with Crippen molar-refractivity contribution in [2.75, 3.05) is 7.11 Å². The second-order valence-corrected chi connectivity index (χ2v) is 5.62. The molecule has 5 heteroatoms. The molecule has 3 aromatic rings. The Hall–Kier alpha value is -2.14. The molecule has 2 aromatic heterocycles. The topological polar surface area (TPSA) is 44.2 Å². The van der Waals surface area contributed by atoms with E-state index in [9.17, 15) is 0 Å². The maximum atomic E-state index is 5.89. The number of aryl methyl sites for hydroxylation is 2. The molecule has 0 bridgehead atoms. The van der Waals surface area contributed by atoms with Crippen LogP contribution < -0.4 is 9.47 Å². The molecule has 0 saturated carbocycles. The van der Waals surface area contributed by atoms with E-state index in [1.807, 2.05) is 24.3 Å². The van der Waals surface area contributed by atoms with Crippen LogP contribution in [0.3, 0.4) is 0 Å². The van der Waals surface area contributed by atoms with Gasteiger partial charge in [0.05, 0.1) is 12.5 Å². The summed E-state index contributed by atoms with van der Waals surface area (Å²) in [6.45, 7) is 4.15. The fourth-order valence-corrected chi connectivity index (χ4v) is 2.97. The van der Waals surface area contributed by atoms with Crippen LogP contribution in [0.1, 0.15) is 10.4 Å². The molecule has 2 heterocycles. The number of thiophene rings is 1. The second-order valence-electron chi connectivity index (χ2n) is 4.42. The minimum Gasteiger partial charge on any atom is -0.497 e. The molecule has 0 unspecified atom stereocenters. The quantitative estimate of drug-likeness (QED) is 0.727. The van der Waals surface area contributed by atoms with Gasteiger partial charge in [-0.05, 0) is 43.7 Å². The van der Waals surface area contributed by atoms with Gasteiger partial charge in [0.25, 0.3) is 0 Å². The van der Waals surface area contributed by atoms with Crippen molar-refractivity contribution in [2.45, 2.75) is 13.8 Å². The van der Waals surface area contributed by atoms with Crippen molar-refractivity contribution in [2.24, 2.45) is 0 Å². The van der Waals surface area contributed by atoms with Crippen LogP contribution in [0.5, 0.6) is 17.4 Å². The number of fused-ring (bicyclic) bond motifs is 1. The van der Waals surface area contributed by atoms with Gasteiger partial charge in [0.15, 0.2) is 0 Å². The predicted octanol–water partition coefficient (Wildman–Crippen LogP) is 4.11. The van der Waals surface area contributed by atoms with Crippen LogP contribution in [0.4, 0.5) is 0 Å². The third-order valence-corrected chi connectivity index (χ3v) is 4.32. The fraction of sp³-hybridized carbons (Fsp3) is 0.200. The zero-order chi connectivity index (χ0) is 14.1. The molecule has 1 aromatic carbocycles. The van der Waals surface area contributed by atoms with Gasteiger partial charge in [-0.3, -0.25) is 0 Å². The molecule has 0 atom stereocenters. The Morgan fingerprint density at radius 3 is 2.40 bits per heavy atom. The molecular weight excluding hydrogens is 272 g/mol. The molecule has 0 amide bonds.